The fourth-order valence-electron chi connectivity index (χ4n) is 2.10. The van der Waals surface area contributed by atoms with Crippen LogP contribution in [0.25, 0.3) is 0 Å². The minimum absolute atomic E-state index is 0.199. The Morgan fingerprint density at radius 3 is 1.55 bits per heavy atom. The molecule has 0 radical (unpaired) electrons. The van der Waals surface area contributed by atoms with Crippen molar-refractivity contribution in [3.05, 3.63) is 0 Å². The largest absolute Gasteiger partial charge is 0.469 e. The van der Waals surface area contributed by atoms with Crippen LogP contribution in [0.5, 0.6) is 0 Å². The second-order valence-corrected chi connectivity index (χ2v) is 15.7. The molecular weight excluding hydrogens is 375 g/mol. The van der Waals surface area contributed by atoms with Crippen LogP contribution in [0.2, 0.25) is 13.3 Å². The standard InChI is InChI=1S/C4H8O2S.3C4H9.Sn.H/c1-6-4(5)2-3-7;3*1-3-4-2;;/h7H,2-3H2,1H3;3*1,3-4H2,2H3;;. The third-order valence-corrected chi connectivity index (χ3v) is 14.2. The van der Waals surface area contributed by atoms with E-state index in [9.17, 15) is 4.79 Å². The molecule has 0 heterocycles. The number of unbranched alkanes of at least 4 members (excludes halogenated alkanes) is 3. The molecule has 0 aliphatic rings. The van der Waals surface area contributed by atoms with Crippen LogP contribution in [-0.2, 0) is 9.53 Å². The Labute approximate surface area is 139 Å². The smallest absolute Gasteiger partial charge is 0.306 e. The first-order valence-electron chi connectivity index (χ1n) is 8.33. The molecule has 0 unspecified atom stereocenters. The number of thiol groups is 1. The molecule has 2 nitrogen and oxygen atoms in total. The van der Waals surface area contributed by atoms with Crippen LogP contribution in [0, 0.1) is 0 Å². The number of carbonyl (C=O) groups excluding carboxylic acids is 1. The van der Waals surface area contributed by atoms with E-state index in [1.807, 2.05) is 0 Å². The van der Waals surface area contributed by atoms with Gasteiger partial charge in [0, 0.05) is 5.75 Å². The van der Waals surface area contributed by atoms with Crippen LogP contribution in [0.3, 0.4) is 0 Å². The molecule has 0 spiro atoms. The monoisotopic (exact) mass is 412 g/mol. The van der Waals surface area contributed by atoms with E-state index in [1.54, 1.807) is 13.3 Å². The number of esters is 1. The van der Waals surface area contributed by atoms with E-state index in [-0.39, 0.29) is 5.97 Å². The van der Waals surface area contributed by atoms with Gasteiger partial charge >= 0.3 is 98.3 Å². The van der Waals surface area contributed by atoms with Crippen molar-refractivity contribution in [2.45, 2.75) is 79.0 Å². The zero-order chi connectivity index (χ0) is 15.6. The SMILES string of the molecule is CCC[CH2][SnH]([CH2]CCC)[CH2]CCC.COC(=O)CCS. The van der Waals surface area contributed by atoms with Crippen molar-refractivity contribution in [2.75, 3.05) is 12.9 Å². The summed E-state index contributed by atoms with van der Waals surface area (Å²) in [6.45, 7) is 7.01. The quantitative estimate of drug-likeness (QED) is 0.291. The minimum atomic E-state index is -0.967. The predicted octanol–water partition coefficient (Wildman–Crippen LogP) is 5.09. The normalized spacial score (nSPS) is 10.1. The number of rotatable bonds is 11. The molecule has 0 saturated heterocycles. The van der Waals surface area contributed by atoms with Crippen LogP contribution in [-0.4, -0.2) is 38.6 Å². The molecule has 0 bridgehead atoms. The van der Waals surface area contributed by atoms with E-state index in [1.165, 1.54) is 45.6 Å². The molecule has 0 aromatic heterocycles. The third kappa shape index (κ3) is 18.6. The van der Waals surface area contributed by atoms with E-state index in [2.05, 4.69) is 38.1 Å². The van der Waals surface area contributed by atoms with E-state index in [0.29, 0.717) is 12.2 Å². The molecular formula is C16H36O2SSn. The fraction of sp³-hybridized carbons (Fsp3) is 0.938. The number of carbonyl (C=O) groups is 1. The molecule has 0 amide bonds. The van der Waals surface area contributed by atoms with Crippen molar-refractivity contribution in [2.24, 2.45) is 0 Å². The van der Waals surface area contributed by atoms with Gasteiger partial charge in [0.15, 0.2) is 0 Å². The predicted molar refractivity (Wildman–Crippen MR) is 96.8 cm³/mol. The van der Waals surface area contributed by atoms with Crippen LogP contribution in [0.15, 0.2) is 0 Å². The Bertz CT molecular complexity index is 182. The van der Waals surface area contributed by atoms with E-state index >= 15 is 0 Å². The van der Waals surface area contributed by atoms with Crippen molar-refractivity contribution in [3.8, 4) is 0 Å². The molecule has 0 aromatic carbocycles. The van der Waals surface area contributed by atoms with Crippen LogP contribution in [0.1, 0.15) is 65.7 Å². The first-order valence-corrected chi connectivity index (χ1v) is 16.0. The summed E-state index contributed by atoms with van der Waals surface area (Å²) in [7, 11) is 1.37. The van der Waals surface area contributed by atoms with Crippen molar-refractivity contribution < 1.29 is 9.53 Å². The Morgan fingerprint density at radius 2 is 1.35 bits per heavy atom. The van der Waals surface area contributed by atoms with Crippen LogP contribution < -0.4 is 0 Å². The van der Waals surface area contributed by atoms with Gasteiger partial charge in [-0.3, -0.25) is 4.79 Å². The van der Waals surface area contributed by atoms with Gasteiger partial charge in [-0.15, -0.1) is 0 Å². The number of hydrogen-bond donors (Lipinski definition) is 1. The maximum atomic E-state index is 10.1. The van der Waals surface area contributed by atoms with Gasteiger partial charge in [-0.2, -0.15) is 12.6 Å². The summed E-state index contributed by atoms with van der Waals surface area (Å²) >= 11 is 2.85. The minimum Gasteiger partial charge on any atom is -0.469 e. The van der Waals surface area contributed by atoms with Gasteiger partial charge in [-0.05, 0) is 0 Å². The summed E-state index contributed by atoms with van der Waals surface area (Å²) in [5.74, 6) is 0.363. The summed E-state index contributed by atoms with van der Waals surface area (Å²) in [5.41, 5.74) is 0. The van der Waals surface area contributed by atoms with Gasteiger partial charge in [0.05, 0.1) is 13.5 Å². The Balaban J connectivity index is 0. The van der Waals surface area contributed by atoms with E-state index in [4.69, 9.17) is 0 Å². The molecule has 0 aromatic rings. The molecule has 0 N–H and O–H groups in total. The van der Waals surface area contributed by atoms with Crippen molar-refractivity contribution in [3.63, 3.8) is 0 Å². The van der Waals surface area contributed by atoms with Gasteiger partial charge in [-0.25, -0.2) is 0 Å². The van der Waals surface area contributed by atoms with E-state index < -0.39 is 19.8 Å². The van der Waals surface area contributed by atoms with E-state index in [0.717, 1.165) is 0 Å². The second kappa shape index (κ2) is 19.6. The molecule has 0 atom stereocenters. The second-order valence-electron chi connectivity index (χ2n) is 5.34. The molecule has 0 aliphatic heterocycles. The number of methoxy groups -OCH3 is 1. The fourth-order valence-corrected chi connectivity index (χ4v) is 13.2. The Hall–Kier alpha value is 0.619. The molecule has 122 valence electrons. The zero-order valence-corrected chi connectivity index (χ0v) is 18.3. The Kier molecular flexibility index (Phi) is 22.5. The summed E-state index contributed by atoms with van der Waals surface area (Å²) in [4.78, 5) is 10.1. The molecule has 20 heavy (non-hydrogen) atoms. The first-order chi connectivity index (χ1) is 9.65. The van der Waals surface area contributed by atoms with Gasteiger partial charge in [0.25, 0.3) is 0 Å². The summed E-state index contributed by atoms with van der Waals surface area (Å²) in [5, 5.41) is 0. The first kappa shape index (κ1) is 22.9. The number of hydrogen-bond acceptors (Lipinski definition) is 3. The molecule has 4 heteroatoms. The topological polar surface area (TPSA) is 26.3 Å². The molecule has 0 aliphatic carbocycles. The maximum absolute atomic E-state index is 10.1. The molecule has 0 fully saturated rings. The average molecular weight is 411 g/mol. The third-order valence-electron chi connectivity index (χ3n) is 3.44. The van der Waals surface area contributed by atoms with Crippen molar-refractivity contribution in [1.82, 2.24) is 0 Å². The zero-order valence-electron chi connectivity index (χ0n) is 14.1. The van der Waals surface area contributed by atoms with Crippen LogP contribution >= 0.6 is 12.6 Å². The summed E-state index contributed by atoms with van der Waals surface area (Å²) < 4.78 is 9.38. The van der Waals surface area contributed by atoms with Gasteiger partial charge < -0.3 is 4.74 Å². The van der Waals surface area contributed by atoms with Crippen molar-refractivity contribution in [1.29, 1.82) is 0 Å². The number of ether oxygens (including phenoxy) is 1. The van der Waals surface area contributed by atoms with Crippen LogP contribution in [0.4, 0.5) is 0 Å². The summed E-state index contributed by atoms with van der Waals surface area (Å²) in [6, 6.07) is 0. The maximum Gasteiger partial charge on any atom is 0.306 e. The van der Waals surface area contributed by atoms with Gasteiger partial charge in [-0.1, -0.05) is 0 Å². The van der Waals surface area contributed by atoms with Gasteiger partial charge in [0.1, 0.15) is 0 Å². The van der Waals surface area contributed by atoms with Gasteiger partial charge in [0.2, 0.25) is 0 Å². The van der Waals surface area contributed by atoms with Crippen molar-refractivity contribution >= 4 is 38.4 Å². The molecule has 0 saturated carbocycles. The summed E-state index contributed by atoms with van der Waals surface area (Å²) in [6.07, 6.45) is 9.28. The molecule has 0 rings (SSSR count). The Morgan fingerprint density at radius 1 is 0.950 bits per heavy atom. The average Bonchev–Trinajstić information content (AvgIpc) is 2.47.